The van der Waals surface area contributed by atoms with Crippen LogP contribution in [-0.4, -0.2) is 11.5 Å². The van der Waals surface area contributed by atoms with Crippen molar-refractivity contribution in [2.75, 3.05) is 6.54 Å². The van der Waals surface area contributed by atoms with E-state index in [1.807, 2.05) is 24.3 Å². The third-order valence-electron chi connectivity index (χ3n) is 2.58. The summed E-state index contributed by atoms with van der Waals surface area (Å²) in [7, 11) is 0. The van der Waals surface area contributed by atoms with E-state index in [0.29, 0.717) is 0 Å². The average molecular weight is 216 g/mol. The quantitative estimate of drug-likeness (QED) is 0.768. The first-order valence-corrected chi connectivity index (χ1v) is 5.63. The lowest BCUT2D eigenvalue weighted by atomic mass is 10.1. The molecule has 0 unspecified atom stereocenters. The van der Waals surface area contributed by atoms with E-state index < -0.39 is 0 Å². The van der Waals surface area contributed by atoms with Crippen LogP contribution in [0.2, 0.25) is 0 Å². The Kier molecular flexibility index (Phi) is 3.37. The number of hydrogen-bond acceptors (Lipinski definition) is 2. The molecule has 1 aromatic carbocycles. The molecule has 0 aliphatic heterocycles. The van der Waals surface area contributed by atoms with Crippen molar-refractivity contribution in [3.05, 3.63) is 46.2 Å². The van der Waals surface area contributed by atoms with E-state index in [1.165, 1.54) is 0 Å². The van der Waals surface area contributed by atoms with Gasteiger partial charge in [-0.2, -0.15) is 0 Å². The van der Waals surface area contributed by atoms with Crippen molar-refractivity contribution in [2.24, 2.45) is 0 Å². The van der Waals surface area contributed by atoms with Gasteiger partial charge in [0.1, 0.15) is 0 Å². The number of rotatable bonds is 4. The van der Waals surface area contributed by atoms with Gasteiger partial charge in [0.15, 0.2) is 0 Å². The first-order chi connectivity index (χ1) is 7.81. The van der Waals surface area contributed by atoms with Crippen molar-refractivity contribution in [2.45, 2.75) is 19.9 Å². The summed E-state index contributed by atoms with van der Waals surface area (Å²) in [5.74, 6) is 0. The highest BCUT2D eigenvalue weighted by Crippen LogP contribution is 2.13. The van der Waals surface area contributed by atoms with E-state index >= 15 is 0 Å². The molecule has 84 valence electrons. The molecule has 2 N–H and O–H groups in total. The van der Waals surface area contributed by atoms with Crippen LogP contribution in [0, 0.1) is 0 Å². The Morgan fingerprint density at radius 2 is 2.12 bits per heavy atom. The number of benzene rings is 1. The fourth-order valence-electron chi connectivity index (χ4n) is 1.82. The van der Waals surface area contributed by atoms with E-state index in [0.717, 1.165) is 36.0 Å². The maximum absolute atomic E-state index is 11.5. The summed E-state index contributed by atoms with van der Waals surface area (Å²) in [5.41, 5.74) is 1.93. The molecule has 0 saturated carbocycles. The molecule has 0 spiro atoms. The Hall–Kier alpha value is -1.61. The zero-order valence-electron chi connectivity index (χ0n) is 9.42. The van der Waals surface area contributed by atoms with Crippen molar-refractivity contribution in [3.63, 3.8) is 0 Å². The van der Waals surface area contributed by atoms with Gasteiger partial charge in [0, 0.05) is 23.5 Å². The number of pyridine rings is 1. The van der Waals surface area contributed by atoms with Crippen LogP contribution < -0.4 is 10.9 Å². The Labute approximate surface area is 94.5 Å². The van der Waals surface area contributed by atoms with E-state index in [2.05, 4.69) is 17.2 Å². The lowest BCUT2D eigenvalue weighted by Crippen LogP contribution is -2.16. The molecule has 0 radical (unpaired) electrons. The number of aromatic amines is 1. The smallest absolute Gasteiger partial charge is 0.248 e. The molecule has 0 amide bonds. The number of fused-ring (bicyclic) bond motifs is 1. The molecule has 3 heteroatoms. The second-order valence-corrected chi connectivity index (χ2v) is 3.88. The standard InChI is InChI=1S/C13H16N2O/c1-2-7-14-9-10-8-13(16)15-12-6-4-3-5-11(10)12/h3-6,8,14H,2,7,9H2,1H3,(H,15,16). The highest BCUT2D eigenvalue weighted by molar-refractivity contribution is 5.81. The van der Waals surface area contributed by atoms with Gasteiger partial charge in [-0.15, -0.1) is 0 Å². The summed E-state index contributed by atoms with van der Waals surface area (Å²) in [6, 6.07) is 9.56. The number of hydrogen-bond donors (Lipinski definition) is 2. The summed E-state index contributed by atoms with van der Waals surface area (Å²) in [6.45, 7) is 3.85. The Bertz CT molecular complexity index is 531. The van der Waals surface area contributed by atoms with E-state index in [9.17, 15) is 4.79 Å². The van der Waals surface area contributed by atoms with Crippen molar-refractivity contribution >= 4 is 10.9 Å². The third kappa shape index (κ3) is 2.31. The van der Waals surface area contributed by atoms with Crippen LogP contribution in [0.1, 0.15) is 18.9 Å². The zero-order chi connectivity index (χ0) is 11.4. The molecule has 2 aromatic rings. The monoisotopic (exact) mass is 216 g/mol. The van der Waals surface area contributed by atoms with Gasteiger partial charge in [0.25, 0.3) is 0 Å². The van der Waals surface area contributed by atoms with Gasteiger partial charge in [-0.3, -0.25) is 4.79 Å². The number of H-pyrrole nitrogens is 1. The van der Waals surface area contributed by atoms with Gasteiger partial charge in [-0.05, 0) is 24.6 Å². The van der Waals surface area contributed by atoms with Crippen molar-refractivity contribution < 1.29 is 0 Å². The van der Waals surface area contributed by atoms with Gasteiger partial charge >= 0.3 is 0 Å². The molecule has 0 aliphatic carbocycles. The van der Waals surface area contributed by atoms with Crippen molar-refractivity contribution in [1.82, 2.24) is 10.3 Å². The number of aromatic nitrogens is 1. The summed E-state index contributed by atoms with van der Waals surface area (Å²) in [6.07, 6.45) is 1.10. The lowest BCUT2D eigenvalue weighted by molar-refractivity contribution is 0.677. The first-order valence-electron chi connectivity index (χ1n) is 5.63. The molecular weight excluding hydrogens is 200 g/mol. The van der Waals surface area contributed by atoms with Crippen molar-refractivity contribution in [3.8, 4) is 0 Å². The number of nitrogens with one attached hydrogen (secondary N) is 2. The van der Waals surface area contributed by atoms with Crippen LogP contribution in [0.15, 0.2) is 35.1 Å². The maximum Gasteiger partial charge on any atom is 0.248 e. The zero-order valence-corrected chi connectivity index (χ0v) is 9.42. The minimum atomic E-state index is -0.0352. The topological polar surface area (TPSA) is 44.9 Å². The van der Waals surface area contributed by atoms with Gasteiger partial charge in [-0.25, -0.2) is 0 Å². The molecule has 0 bridgehead atoms. The van der Waals surface area contributed by atoms with Crippen LogP contribution in [0.5, 0.6) is 0 Å². The first kappa shape index (κ1) is 10.9. The molecule has 0 saturated heterocycles. The molecule has 0 aliphatic rings. The Morgan fingerprint density at radius 3 is 2.94 bits per heavy atom. The highest BCUT2D eigenvalue weighted by atomic mass is 16.1. The molecule has 1 heterocycles. The average Bonchev–Trinajstić information content (AvgIpc) is 2.29. The molecule has 16 heavy (non-hydrogen) atoms. The fraction of sp³-hybridized carbons (Fsp3) is 0.308. The molecule has 0 fully saturated rings. The predicted molar refractivity (Wildman–Crippen MR) is 66.6 cm³/mol. The SMILES string of the molecule is CCCNCc1cc(=O)[nH]c2ccccc12. The van der Waals surface area contributed by atoms with Crippen LogP contribution in [0.3, 0.4) is 0 Å². The maximum atomic E-state index is 11.5. The molecular formula is C13H16N2O. The van der Waals surface area contributed by atoms with Gasteiger partial charge in [0.05, 0.1) is 0 Å². The highest BCUT2D eigenvalue weighted by Gasteiger charge is 2.01. The van der Waals surface area contributed by atoms with Gasteiger partial charge < -0.3 is 10.3 Å². The van der Waals surface area contributed by atoms with Crippen LogP contribution in [0.4, 0.5) is 0 Å². The normalized spacial score (nSPS) is 10.8. The Balaban J connectivity index is 2.38. The van der Waals surface area contributed by atoms with Crippen LogP contribution in [0.25, 0.3) is 10.9 Å². The minimum absolute atomic E-state index is 0.0352. The molecule has 1 aromatic heterocycles. The summed E-state index contributed by atoms with van der Waals surface area (Å²) in [5, 5.41) is 4.43. The minimum Gasteiger partial charge on any atom is -0.322 e. The largest absolute Gasteiger partial charge is 0.322 e. The molecule has 3 nitrogen and oxygen atoms in total. The second kappa shape index (κ2) is 4.94. The molecule has 2 rings (SSSR count). The van der Waals surface area contributed by atoms with Crippen LogP contribution in [-0.2, 0) is 6.54 Å². The van der Waals surface area contributed by atoms with E-state index in [-0.39, 0.29) is 5.56 Å². The fourth-order valence-corrected chi connectivity index (χ4v) is 1.82. The second-order valence-electron chi connectivity index (χ2n) is 3.88. The summed E-state index contributed by atoms with van der Waals surface area (Å²) in [4.78, 5) is 14.3. The third-order valence-corrected chi connectivity index (χ3v) is 2.58. The molecule has 0 atom stereocenters. The summed E-state index contributed by atoms with van der Waals surface area (Å²) < 4.78 is 0. The van der Waals surface area contributed by atoms with E-state index in [4.69, 9.17) is 0 Å². The predicted octanol–water partition coefficient (Wildman–Crippen LogP) is 2.03. The summed E-state index contributed by atoms with van der Waals surface area (Å²) >= 11 is 0. The lowest BCUT2D eigenvalue weighted by Gasteiger charge is -2.06. The van der Waals surface area contributed by atoms with Crippen LogP contribution >= 0.6 is 0 Å². The Morgan fingerprint density at radius 1 is 1.31 bits per heavy atom. The van der Waals surface area contributed by atoms with Crippen molar-refractivity contribution in [1.29, 1.82) is 0 Å². The number of para-hydroxylation sites is 1. The van der Waals surface area contributed by atoms with Gasteiger partial charge in [-0.1, -0.05) is 25.1 Å². The van der Waals surface area contributed by atoms with Gasteiger partial charge in [0.2, 0.25) is 5.56 Å². The van der Waals surface area contributed by atoms with E-state index in [1.54, 1.807) is 6.07 Å².